The molecule has 1 aliphatic carbocycles. The van der Waals surface area contributed by atoms with E-state index in [1.54, 1.807) is 0 Å². The summed E-state index contributed by atoms with van der Waals surface area (Å²) in [5.41, 5.74) is 14.2. The SMILES string of the molecule is CC1(C)c2ccccc2-c2ccc3c(c21)c1ccccc1n3-c1ccc(-c2ccc3ccc4c(-c5cccc6ccccc56)ccc5ccc2c3c54)cc1. The second kappa shape index (κ2) is 10.7. The van der Waals surface area contributed by atoms with E-state index in [1.807, 2.05) is 0 Å². The Morgan fingerprint density at radius 3 is 1.76 bits per heavy atom. The molecule has 1 heterocycles. The zero-order chi connectivity index (χ0) is 35.7. The first-order valence-electron chi connectivity index (χ1n) is 19.0. The van der Waals surface area contributed by atoms with Crippen LogP contribution in [-0.4, -0.2) is 4.57 Å². The number of benzene rings is 10. The lowest BCUT2D eigenvalue weighted by Crippen LogP contribution is -2.15. The van der Waals surface area contributed by atoms with Gasteiger partial charge >= 0.3 is 0 Å². The Hall–Kier alpha value is -6.70. The van der Waals surface area contributed by atoms with E-state index in [4.69, 9.17) is 0 Å². The molecule has 0 aliphatic heterocycles. The molecule has 0 fully saturated rings. The highest BCUT2D eigenvalue weighted by molar-refractivity contribution is 6.28. The van der Waals surface area contributed by atoms with Crippen molar-refractivity contribution in [3.63, 3.8) is 0 Å². The van der Waals surface area contributed by atoms with Crippen molar-refractivity contribution >= 4 is 64.9 Å². The Morgan fingerprint density at radius 1 is 0.352 bits per heavy atom. The van der Waals surface area contributed by atoms with Gasteiger partial charge in [0.15, 0.2) is 0 Å². The lowest BCUT2D eigenvalue weighted by molar-refractivity contribution is 0.666. The van der Waals surface area contributed by atoms with Gasteiger partial charge in [-0.3, -0.25) is 0 Å². The minimum absolute atomic E-state index is 0.0884. The van der Waals surface area contributed by atoms with Crippen LogP contribution in [0.1, 0.15) is 25.0 Å². The Bertz CT molecular complexity index is 3330. The fourth-order valence-corrected chi connectivity index (χ4v) is 10.1. The molecular formula is C53H35N. The number of rotatable bonds is 3. The van der Waals surface area contributed by atoms with Crippen molar-refractivity contribution in [3.8, 4) is 39.1 Å². The predicted octanol–water partition coefficient (Wildman–Crippen LogP) is 14.5. The van der Waals surface area contributed by atoms with Gasteiger partial charge in [0.05, 0.1) is 11.0 Å². The Labute approximate surface area is 313 Å². The van der Waals surface area contributed by atoms with Gasteiger partial charge in [-0.15, -0.1) is 0 Å². The highest BCUT2D eigenvalue weighted by atomic mass is 15.0. The van der Waals surface area contributed by atoms with E-state index >= 15 is 0 Å². The Morgan fingerprint density at radius 2 is 0.944 bits per heavy atom. The van der Waals surface area contributed by atoms with Gasteiger partial charge in [-0.25, -0.2) is 0 Å². The van der Waals surface area contributed by atoms with E-state index in [0.29, 0.717) is 0 Å². The van der Waals surface area contributed by atoms with E-state index in [9.17, 15) is 0 Å². The lowest BCUT2D eigenvalue weighted by atomic mass is 9.80. The molecule has 11 aromatic rings. The Balaban J connectivity index is 1.03. The fraction of sp³-hybridized carbons (Fsp3) is 0.0566. The van der Waals surface area contributed by atoms with Crippen LogP contribution in [0.3, 0.4) is 0 Å². The van der Waals surface area contributed by atoms with Crippen LogP contribution in [0.25, 0.3) is 104 Å². The minimum atomic E-state index is -0.0884. The third-order valence-electron chi connectivity index (χ3n) is 12.5. The highest BCUT2D eigenvalue weighted by Crippen LogP contribution is 2.53. The molecule has 252 valence electrons. The monoisotopic (exact) mass is 685 g/mol. The molecule has 1 heteroatoms. The zero-order valence-corrected chi connectivity index (χ0v) is 30.2. The Kier molecular flexibility index (Phi) is 5.90. The fourth-order valence-electron chi connectivity index (χ4n) is 10.1. The van der Waals surface area contributed by atoms with Crippen molar-refractivity contribution in [3.05, 3.63) is 187 Å². The van der Waals surface area contributed by atoms with Crippen molar-refractivity contribution < 1.29 is 0 Å². The summed E-state index contributed by atoms with van der Waals surface area (Å²) < 4.78 is 2.47. The lowest BCUT2D eigenvalue weighted by Gasteiger charge is -2.22. The standard InChI is InChI=1S/C53H35N/c1-53(2)46-16-7-5-13-41(46)44-30-31-48-51(52(44)53)45-14-6-8-17-47(45)54(48)36-24-18-33(19-25-36)38-26-20-34-23-29-43-40(27-21-35-22-28-42(38)49(34)50(35)43)39-15-9-11-32-10-3-4-12-37(32)39/h3-31H,1-2H3. The summed E-state index contributed by atoms with van der Waals surface area (Å²) in [5, 5.41) is 13.1. The number of para-hydroxylation sites is 1. The van der Waals surface area contributed by atoms with Crippen molar-refractivity contribution in [1.82, 2.24) is 4.57 Å². The summed E-state index contributed by atoms with van der Waals surface area (Å²) in [6.07, 6.45) is 0. The first-order chi connectivity index (χ1) is 26.6. The predicted molar refractivity (Wildman–Crippen MR) is 230 cm³/mol. The smallest absolute Gasteiger partial charge is 0.0544 e. The van der Waals surface area contributed by atoms with Crippen LogP contribution in [0.2, 0.25) is 0 Å². The minimum Gasteiger partial charge on any atom is -0.309 e. The summed E-state index contributed by atoms with van der Waals surface area (Å²) in [6.45, 7) is 4.78. The van der Waals surface area contributed by atoms with E-state index in [0.717, 1.165) is 0 Å². The quantitative estimate of drug-likeness (QED) is 0.163. The van der Waals surface area contributed by atoms with Crippen LogP contribution < -0.4 is 0 Å². The molecule has 0 unspecified atom stereocenters. The van der Waals surface area contributed by atoms with Gasteiger partial charge in [0.1, 0.15) is 0 Å². The molecule has 1 aromatic heterocycles. The molecular weight excluding hydrogens is 651 g/mol. The highest BCUT2D eigenvalue weighted by Gasteiger charge is 2.38. The van der Waals surface area contributed by atoms with Gasteiger partial charge in [0, 0.05) is 21.9 Å². The molecule has 0 N–H and O–H groups in total. The number of hydrogen-bond acceptors (Lipinski definition) is 0. The molecule has 0 spiro atoms. The molecule has 10 aromatic carbocycles. The third-order valence-corrected chi connectivity index (χ3v) is 12.5. The van der Waals surface area contributed by atoms with Gasteiger partial charge in [-0.05, 0) is 112 Å². The number of fused-ring (bicyclic) bond motifs is 8. The largest absolute Gasteiger partial charge is 0.309 e. The second-order valence-electron chi connectivity index (χ2n) is 15.6. The molecule has 12 rings (SSSR count). The van der Waals surface area contributed by atoms with Crippen molar-refractivity contribution in [2.45, 2.75) is 19.3 Å². The van der Waals surface area contributed by atoms with E-state index in [1.165, 1.54) is 115 Å². The van der Waals surface area contributed by atoms with Gasteiger partial charge in [0.25, 0.3) is 0 Å². The topological polar surface area (TPSA) is 4.93 Å². The molecule has 0 atom stereocenters. The maximum absolute atomic E-state index is 2.47. The number of nitrogens with zero attached hydrogens (tertiary/aromatic N) is 1. The summed E-state index contributed by atoms with van der Waals surface area (Å²) >= 11 is 0. The first-order valence-corrected chi connectivity index (χ1v) is 19.0. The van der Waals surface area contributed by atoms with Crippen molar-refractivity contribution in [2.24, 2.45) is 0 Å². The van der Waals surface area contributed by atoms with Crippen LogP contribution in [0.4, 0.5) is 0 Å². The van der Waals surface area contributed by atoms with Gasteiger partial charge in [-0.1, -0.05) is 166 Å². The third kappa shape index (κ3) is 3.88. The maximum atomic E-state index is 2.47. The van der Waals surface area contributed by atoms with E-state index in [2.05, 4.69) is 194 Å². The number of aromatic nitrogens is 1. The summed E-state index contributed by atoms with van der Waals surface area (Å²) in [6, 6.07) is 65.7. The van der Waals surface area contributed by atoms with Crippen LogP contribution in [0, 0.1) is 0 Å². The molecule has 1 aliphatic rings. The summed E-state index contributed by atoms with van der Waals surface area (Å²) in [5.74, 6) is 0. The molecule has 0 saturated carbocycles. The number of hydrogen-bond donors (Lipinski definition) is 0. The molecule has 54 heavy (non-hydrogen) atoms. The summed E-state index contributed by atoms with van der Waals surface area (Å²) in [4.78, 5) is 0. The zero-order valence-electron chi connectivity index (χ0n) is 30.2. The van der Waals surface area contributed by atoms with Gasteiger partial charge in [-0.2, -0.15) is 0 Å². The molecule has 0 bridgehead atoms. The van der Waals surface area contributed by atoms with Gasteiger partial charge in [0.2, 0.25) is 0 Å². The first kappa shape index (κ1) is 29.8. The van der Waals surface area contributed by atoms with Crippen LogP contribution >= 0.6 is 0 Å². The molecule has 0 saturated heterocycles. The average Bonchev–Trinajstić information content (AvgIpc) is 3.68. The average molecular weight is 686 g/mol. The van der Waals surface area contributed by atoms with Crippen LogP contribution in [0.5, 0.6) is 0 Å². The van der Waals surface area contributed by atoms with Crippen LogP contribution in [-0.2, 0) is 5.41 Å². The van der Waals surface area contributed by atoms with Crippen molar-refractivity contribution in [1.29, 1.82) is 0 Å². The van der Waals surface area contributed by atoms with Gasteiger partial charge < -0.3 is 4.57 Å². The van der Waals surface area contributed by atoms with Crippen molar-refractivity contribution in [2.75, 3.05) is 0 Å². The van der Waals surface area contributed by atoms with E-state index in [-0.39, 0.29) is 5.41 Å². The summed E-state index contributed by atoms with van der Waals surface area (Å²) in [7, 11) is 0. The van der Waals surface area contributed by atoms with E-state index < -0.39 is 0 Å². The maximum Gasteiger partial charge on any atom is 0.0544 e. The molecule has 1 nitrogen and oxygen atoms in total. The van der Waals surface area contributed by atoms with Crippen LogP contribution in [0.15, 0.2) is 176 Å². The second-order valence-corrected chi connectivity index (χ2v) is 15.6. The normalized spacial score (nSPS) is 13.5. The molecule has 0 amide bonds. The molecule has 0 radical (unpaired) electrons.